The van der Waals surface area contributed by atoms with E-state index in [2.05, 4.69) is 155 Å². The molecule has 0 saturated heterocycles. The number of benzene rings is 6. The second kappa shape index (κ2) is 17.7. The molecule has 5 heteroatoms. The summed E-state index contributed by atoms with van der Waals surface area (Å²) in [5, 5.41) is 0. The minimum Gasteiger partial charge on any atom is -0.436 e. The maximum atomic E-state index is 6.43. The standard InChI is InChI=1S/C47H46N2O3/c1-5-17-38(18-6-1)19-15-16-34-50-35-32-49(33-36-51-37-39-28-30-40(31-29-39)46-48-44-26-13-14-27-45(44)52-46)47(41-20-7-2-8-21-41,42-22-9-3-10-23-42)43-24-11-4-12-25-43/h1-14,17-18,20-31H,15-16,19,32-37H2. The van der Waals surface area contributed by atoms with Crippen molar-refractivity contribution in [1.29, 1.82) is 0 Å². The zero-order valence-corrected chi connectivity index (χ0v) is 29.6. The molecule has 0 N–H and O–H groups in total. The highest BCUT2D eigenvalue weighted by Gasteiger charge is 2.41. The number of hydrogen-bond donors (Lipinski definition) is 0. The lowest BCUT2D eigenvalue weighted by Gasteiger charge is -2.45. The molecule has 0 spiro atoms. The van der Waals surface area contributed by atoms with Crippen LogP contribution >= 0.6 is 0 Å². The predicted molar refractivity (Wildman–Crippen MR) is 210 cm³/mol. The highest BCUT2D eigenvalue weighted by atomic mass is 16.5. The lowest BCUT2D eigenvalue weighted by atomic mass is 9.75. The van der Waals surface area contributed by atoms with Gasteiger partial charge in [-0.3, -0.25) is 4.90 Å². The molecule has 0 atom stereocenters. The van der Waals surface area contributed by atoms with Crippen LogP contribution in [0.1, 0.15) is 40.7 Å². The van der Waals surface area contributed by atoms with Crippen LogP contribution in [0.2, 0.25) is 0 Å². The number of rotatable bonds is 18. The topological polar surface area (TPSA) is 47.7 Å². The first kappa shape index (κ1) is 35.1. The van der Waals surface area contributed by atoms with E-state index in [1.54, 1.807) is 0 Å². The number of aromatic nitrogens is 1. The molecule has 0 radical (unpaired) electrons. The second-order valence-electron chi connectivity index (χ2n) is 13.1. The number of fused-ring (bicyclic) bond motifs is 1. The minimum absolute atomic E-state index is 0.509. The molecule has 5 nitrogen and oxygen atoms in total. The highest BCUT2D eigenvalue weighted by molar-refractivity contribution is 5.76. The normalized spacial score (nSPS) is 11.7. The first-order chi connectivity index (χ1) is 25.8. The fourth-order valence-electron chi connectivity index (χ4n) is 7.09. The SMILES string of the molecule is c1ccc(CCCCOCCN(CCOCc2ccc(-c3nc4ccccc4o3)cc2)C(c2ccccc2)(c2ccccc2)c2ccccc2)cc1. The summed E-state index contributed by atoms with van der Waals surface area (Å²) in [5.41, 5.74) is 8.17. The Kier molecular flexibility index (Phi) is 12.0. The Bertz CT molecular complexity index is 1930. The van der Waals surface area contributed by atoms with Crippen LogP contribution in [0.3, 0.4) is 0 Å². The smallest absolute Gasteiger partial charge is 0.227 e. The Balaban J connectivity index is 1.08. The summed E-state index contributed by atoms with van der Waals surface area (Å²) in [6.45, 7) is 3.87. The number of oxazole rings is 1. The van der Waals surface area contributed by atoms with Crippen molar-refractivity contribution in [1.82, 2.24) is 9.88 Å². The van der Waals surface area contributed by atoms with Gasteiger partial charge < -0.3 is 13.9 Å². The zero-order valence-electron chi connectivity index (χ0n) is 29.6. The molecule has 0 unspecified atom stereocenters. The lowest BCUT2D eigenvalue weighted by molar-refractivity contribution is 0.0375. The Hall–Kier alpha value is -5.33. The first-order valence-electron chi connectivity index (χ1n) is 18.4. The largest absolute Gasteiger partial charge is 0.436 e. The fraction of sp³-hybridized carbons (Fsp3) is 0.213. The van der Waals surface area contributed by atoms with Gasteiger partial charge in [0.2, 0.25) is 5.89 Å². The van der Waals surface area contributed by atoms with Gasteiger partial charge in [0.1, 0.15) is 5.52 Å². The van der Waals surface area contributed by atoms with Crippen LogP contribution in [-0.4, -0.2) is 42.8 Å². The number of ether oxygens (including phenoxy) is 2. The van der Waals surface area contributed by atoms with Crippen molar-refractivity contribution < 1.29 is 13.9 Å². The quantitative estimate of drug-likeness (QED) is 0.0664. The Morgan fingerprint density at radius 3 is 1.63 bits per heavy atom. The van der Waals surface area contributed by atoms with Crippen LogP contribution < -0.4 is 0 Å². The van der Waals surface area contributed by atoms with Crippen LogP contribution in [0.25, 0.3) is 22.6 Å². The van der Waals surface area contributed by atoms with Gasteiger partial charge >= 0.3 is 0 Å². The van der Waals surface area contributed by atoms with Crippen LogP contribution in [0.5, 0.6) is 0 Å². The third-order valence-electron chi connectivity index (χ3n) is 9.67. The average molecular weight is 687 g/mol. The summed E-state index contributed by atoms with van der Waals surface area (Å²) < 4.78 is 18.8. The number of para-hydroxylation sites is 2. The third kappa shape index (κ3) is 8.41. The molecule has 0 aliphatic heterocycles. The van der Waals surface area contributed by atoms with Crippen molar-refractivity contribution >= 4 is 11.1 Å². The minimum atomic E-state index is -0.551. The van der Waals surface area contributed by atoms with Gasteiger partial charge in [-0.05, 0) is 71.3 Å². The van der Waals surface area contributed by atoms with Gasteiger partial charge in [-0.15, -0.1) is 0 Å². The summed E-state index contributed by atoms with van der Waals surface area (Å²) in [7, 11) is 0. The maximum absolute atomic E-state index is 6.43. The summed E-state index contributed by atoms with van der Waals surface area (Å²) in [4.78, 5) is 7.20. The monoisotopic (exact) mass is 686 g/mol. The molecule has 0 amide bonds. The molecular weight excluding hydrogens is 641 g/mol. The molecule has 7 rings (SSSR count). The van der Waals surface area contributed by atoms with E-state index in [0.29, 0.717) is 32.3 Å². The average Bonchev–Trinajstić information content (AvgIpc) is 3.66. The second-order valence-corrected chi connectivity index (χ2v) is 13.1. The third-order valence-corrected chi connectivity index (χ3v) is 9.67. The Morgan fingerprint density at radius 2 is 1.04 bits per heavy atom. The van der Waals surface area contributed by atoms with Crippen LogP contribution in [0, 0.1) is 0 Å². The van der Waals surface area contributed by atoms with E-state index in [1.165, 1.54) is 22.3 Å². The molecule has 262 valence electrons. The van der Waals surface area contributed by atoms with Gasteiger partial charge in [0.25, 0.3) is 0 Å². The van der Waals surface area contributed by atoms with Gasteiger partial charge in [-0.25, -0.2) is 4.98 Å². The van der Waals surface area contributed by atoms with Crippen LogP contribution in [-0.2, 0) is 28.0 Å². The van der Waals surface area contributed by atoms with E-state index in [4.69, 9.17) is 13.9 Å². The predicted octanol–water partition coefficient (Wildman–Crippen LogP) is 10.3. The van der Waals surface area contributed by atoms with Crippen molar-refractivity contribution in [2.45, 2.75) is 31.4 Å². The number of aryl methyl sites for hydroxylation is 1. The number of nitrogens with zero attached hydrogens (tertiary/aromatic N) is 2. The molecule has 0 fully saturated rings. The Morgan fingerprint density at radius 1 is 0.500 bits per heavy atom. The fourth-order valence-corrected chi connectivity index (χ4v) is 7.09. The van der Waals surface area contributed by atoms with Gasteiger partial charge in [-0.1, -0.05) is 146 Å². The lowest BCUT2D eigenvalue weighted by Crippen LogP contribution is -2.50. The van der Waals surface area contributed by atoms with E-state index < -0.39 is 5.54 Å². The molecule has 6 aromatic carbocycles. The van der Waals surface area contributed by atoms with E-state index in [1.807, 2.05) is 24.3 Å². The maximum Gasteiger partial charge on any atom is 0.227 e. The molecule has 0 bridgehead atoms. The van der Waals surface area contributed by atoms with Crippen molar-refractivity contribution in [2.24, 2.45) is 0 Å². The van der Waals surface area contributed by atoms with Gasteiger partial charge in [-0.2, -0.15) is 0 Å². The number of hydrogen-bond acceptors (Lipinski definition) is 5. The molecule has 0 aliphatic carbocycles. The van der Waals surface area contributed by atoms with Crippen molar-refractivity contribution in [3.8, 4) is 11.5 Å². The van der Waals surface area contributed by atoms with E-state index >= 15 is 0 Å². The molecule has 0 aliphatic rings. The van der Waals surface area contributed by atoms with E-state index in [-0.39, 0.29) is 0 Å². The van der Waals surface area contributed by atoms with E-state index in [9.17, 15) is 0 Å². The van der Waals surface area contributed by atoms with Gasteiger partial charge in [0.15, 0.2) is 5.58 Å². The van der Waals surface area contributed by atoms with Crippen LogP contribution in [0.4, 0.5) is 0 Å². The summed E-state index contributed by atoms with van der Waals surface area (Å²) >= 11 is 0. The highest BCUT2D eigenvalue weighted by Crippen LogP contribution is 2.42. The molecule has 1 aromatic heterocycles. The molecule has 0 saturated carbocycles. The van der Waals surface area contributed by atoms with Crippen molar-refractivity contribution in [3.05, 3.63) is 198 Å². The van der Waals surface area contributed by atoms with Crippen LogP contribution in [0.15, 0.2) is 174 Å². The zero-order chi connectivity index (χ0) is 35.3. The molecule has 1 heterocycles. The summed E-state index contributed by atoms with van der Waals surface area (Å²) in [6.07, 6.45) is 3.22. The molecule has 52 heavy (non-hydrogen) atoms. The van der Waals surface area contributed by atoms with Gasteiger partial charge in [0, 0.05) is 25.3 Å². The van der Waals surface area contributed by atoms with Crippen molar-refractivity contribution in [3.63, 3.8) is 0 Å². The summed E-state index contributed by atoms with van der Waals surface area (Å²) in [5.74, 6) is 0.627. The van der Waals surface area contributed by atoms with E-state index in [0.717, 1.165) is 54.6 Å². The first-order valence-corrected chi connectivity index (χ1v) is 18.4. The molecular formula is C47H46N2O3. The number of unbranched alkanes of at least 4 members (excludes halogenated alkanes) is 1. The summed E-state index contributed by atoms with van der Waals surface area (Å²) in [6, 6.07) is 59.4. The van der Waals surface area contributed by atoms with Gasteiger partial charge in [0.05, 0.1) is 25.4 Å². The molecule has 7 aromatic rings. The Labute approximate surface area is 307 Å². The van der Waals surface area contributed by atoms with Crippen molar-refractivity contribution in [2.75, 3.05) is 32.9 Å².